The molecule has 0 radical (unpaired) electrons. The molecule has 2 heterocycles. The molecule has 4 rings (SSSR count). The number of rotatable bonds is 6. The van der Waals surface area contributed by atoms with E-state index in [4.69, 9.17) is 4.42 Å². The molecule has 2 aliphatic rings. The number of hydrogen-bond acceptors (Lipinski definition) is 5. The lowest BCUT2D eigenvalue weighted by Gasteiger charge is -2.22. The molecule has 0 bridgehead atoms. The number of ether oxygens (including phenoxy) is 1. The van der Waals surface area contributed by atoms with Crippen LogP contribution >= 0.6 is 0 Å². The average Bonchev–Trinajstić information content (AvgIpc) is 3.39. The Morgan fingerprint density at radius 1 is 1.22 bits per heavy atom. The highest BCUT2D eigenvalue weighted by Gasteiger charge is 2.41. The molecule has 1 atom stereocenters. The Morgan fingerprint density at radius 2 is 2.00 bits per heavy atom. The minimum atomic E-state index is -4.82. The molecule has 172 valence electrons. The fraction of sp³-hybridized carbons (Fsp3) is 0.381. The Morgan fingerprint density at radius 3 is 2.75 bits per heavy atom. The minimum Gasteiger partial charge on any atom is -0.444 e. The number of fused-ring (bicyclic) bond motifs is 1. The van der Waals surface area contributed by atoms with Gasteiger partial charge in [-0.2, -0.15) is 4.31 Å². The maximum absolute atomic E-state index is 13.1. The van der Waals surface area contributed by atoms with Gasteiger partial charge in [-0.15, -0.1) is 13.2 Å². The zero-order valence-electron chi connectivity index (χ0n) is 16.9. The Bertz CT molecular complexity index is 1200. The lowest BCUT2D eigenvalue weighted by molar-refractivity contribution is -0.274. The number of hydrogen-bond donors (Lipinski definition) is 1. The van der Waals surface area contributed by atoms with Crippen LogP contribution in [0.5, 0.6) is 5.75 Å². The van der Waals surface area contributed by atoms with Crippen molar-refractivity contribution in [1.82, 2.24) is 9.62 Å². The van der Waals surface area contributed by atoms with Crippen molar-refractivity contribution in [3.63, 3.8) is 0 Å². The molecule has 1 unspecified atom stereocenters. The maximum atomic E-state index is 13.1. The first kappa shape index (κ1) is 22.4. The highest BCUT2D eigenvalue weighted by Crippen LogP contribution is 2.26. The number of alkyl halides is 3. The Labute approximate surface area is 182 Å². The molecule has 1 saturated heterocycles. The molecule has 1 aliphatic carbocycles. The third-order valence-corrected chi connectivity index (χ3v) is 7.06. The summed E-state index contributed by atoms with van der Waals surface area (Å²) < 4.78 is 74.0. The Hall–Kier alpha value is -2.79. The van der Waals surface area contributed by atoms with Crippen LogP contribution < -0.4 is 20.7 Å². The lowest BCUT2D eigenvalue weighted by atomic mass is 10.2. The summed E-state index contributed by atoms with van der Waals surface area (Å²) in [6, 6.07) is 5.78. The molecular weight excluding hydrogens is 449 g/mol. The van der Waals surface area contributed by atoms with Gasteiger partial charge >= 0.3 is 6.36 Å². The number of halogens is 3. The highest BCUT2D eigenvalue weighted by molar-refractivity contribution is 7.89. The van der Waals surface area contributed by atoms with Crippen molar-refractivity contribution in [3.8, 4) is 5.75 Å². The van der Waals surface area contributed by atoms with Crippen LogP contribution in [0.1, 0.15) is 31.2 Å². The monoisotopic (exact) mass is 470 g/mol. The van der Waals surface area contributed by atoms with Gasteiger partial charge in [0.2, 0.25) is 11.0 Å². The quantitative estimate of drug-likeness (QED) is 0.698. The van der Waals surface area contributed by atoms with Gasteiger partial charge in [0.25, 0.3) is 10.0 Å². The number of amides is 1. The van der Waals surface area contributed by atoms with Gasteiger partial charge in [-0.1, -0.05) is 18.2 Å². The van der Waals surface area contributed by atoms with Crippen LogP contribution in [-0.2, 0) is 21.4 Å². The number of carbonyl (C=O) groups is 1. The van der Waals surface area contributed by atoms with Crippen molar-refractivity contribution in [3.05, 3.63) is 46.5 Å². The first-order valence-electron chi connectivity index (χ1n) is 10.1. The summed E-state index contributed by atoms with van der Waals surface area (Å²) in [4.78, 5) is 12.7. The van der Waals surface area contributed by atoms with E-state index in [9.17, 15) is 26.4 Å². The van der Waals surface area contributed by atoms with Gasteiger partial charge in [0.05, 0.1) is 0 Å². The van der Waals surface area contributed by atoms with Gasteiger partial charge < -0.3 is 14.5 Å². The van der Waals surface area contributed by atoms with E-state index in [2.05, 4.69) is 10.1 Å². The van der Waals surface area contributed by atoms with Crippen molar-refractivity contribution in [2.45, 2.75) is 49.7 Å². The molecule has 7 nitrogen and oxygen atoms in total. The summed E-state index contributed by atoms with van der Waals surface area (Å²) in [7, 11) is -4.02. The van der Waals surface area contributed by atoms with E-state index in [-0.39, 0.29) is 18.2 Å². The standard InChI is InChI=1S/C21H21F3N2O5S/c22-21(23,24)31-16-7-3-5-14(11-16)13-25-20(27)17-8-4-10-26(17)32(28,29)19-12-15-6-1-2-9-18(15)30-19/h3,5-7,9,11-12,17H,1-2,4,8,10,13H2,(H,25,27). The molecule has 1 aromatic heterocycles. The van der Waals surface area contributed by atoms with E-state index in [1.807, 2.05) is 12.2 Å². The predicted octanol–water partition coefficient (Wildman–Crippen LogP) is 2.00. The van der Waals surface area contributed by atoms with E-state index in [1.54, 1.807) is 0 Å². The van der Waals surface area contributed by atoms with Gasteiger partial charge in [0.1, 0.15) is 17.2 Å². The van der Waals surface area contributed by atoms with Gasteiger partial charge in [-0.3, -0.25) is 4.79 Å². The van der Waals surface area contributed by atoms with Gasteiger partial charge in [0.15, 0.2) is 0 Å². The van der Waals surface area contributed by atoms with E-state index in [1.165, 1.54) is 18.2 Å². The molecule has 11 heteroatoms. The number of furan rings is 1. The van der Waals surface area contributed by atoms with Gasteiger partial charge in [-0.25, -0.2) is 8.42 Å². The van der Waals surface area contributed by atoms with Crippen molar-refractivity contribution in [2.75, 3.05) is 6.54 Å². The van der Waals surface area contributed by atoms with Crippen LogP contribution in [0, 0.1) is 0 Å². The molecule has 0 saturated carbocycles. The molecule has 1 amide bonds. The minimum absolute atomic E-state index is 0.0722. The van der Waals surface area contributed by atoms with E-state index >= 15 is 0 Å². The normalized spacial score (nSPS) is 19.0. The fourth-order valence-electron chi connectivity index (χ4n) is 3.86. The van der Waals surface area contributed by atoms with Crippen LogP contribution in [0.4, 0.5) is 13.2 Å². The summed E-state index contributed by atoms with van der Waals surface area (Å²) in [6.45, 7) is 0.103. The molecule has 1 aliphatic heterocycles. The third-order valence-electron chi connectivity index (χ3n) is 5.30. The second kappa shape index (κ2) is 8.62. The maximum Gasteiger partial charge on any atom is 0.573 e. The summed E-state index contributed by atoms with van der Waals surface area (Å²) in [5.74, 6) is -0.924. The van der Waals surface area contributed by atoms with Crippen molar-refractivity contribution >= 4 is 28.1 Å². The van der Waals surface area contributed by atoms with Gasteiger partial charge in [0, 0.05) is 24.4 Å². The molecule has 1 N–H and O–H groups in total. The van der Waals surface area contributed by atoms with Crippen LogP contribution in [-0.4, -0.2) is 37.6 Å². The van der Waals surface area contributed by atoms with Crippen LogP contribution in [0.15, 0.2) is 39.8 Å². The number of nitrogens with one attached hydrogen (secondary N) is 1. The van der Waals surface area contributed by atoms with Crippen LogP contribution in [0.2, 0.25) is 0 Å². The Kier molecular flexibility index (Phi) is 6.04. The lowest BCUT2D eigenvalue weighted by Crippen LogP contribution is -2.45. The summed E-state index contributed by atoms with van der Waals surface area (Å²) in [5.41, 5.74) is 0.897. The number of benzene rings is 1. The Balaban J connectivity index is 1.46. The van der Waals surface area contributed by atoms with Crippen LogP contribution in [0.3, 0.4) is 0 Å². The molecule has 0 spiro atoms. The third kappa shape index (κ3) is 4.83. The molecular formula is C21H21F3N2O5S. The predicted molar refractivity (Wildman–Crippen MR) is 108 cm³/mol. The molecule has 32 heavy (non-hydrogen) atoms. The number of sulfonamides is 1. The summed E-state index contributed by atoms with van der Waals surface area (Å²) >= 11 is 0. The zero-order valence-corrected chi connectivity index (χ0v) is 17.7. The van der Waals surface area contributed by atoms with E-state index in [0.717, 1.165) is 34.5 Å². The first-order valence-corrected chi connectivity index (χ1v) is 11.5. The highest BCUT2D eigenvalue weighted by atomic mass is 32.2. The van der Waals surface area contributed by atoms with Crippen molar-refractivity contribution in [1.29, 1.82) is 0 Å². The second-order valence-electron chi connectivity index (χ2n) is 7.56. The number of carbonyl (C=O) groups excluding carboxylic acids is 1. The van der Waals surface area contributed by atoms with E-state index < -0.39 is 34.1 Å². The number of nitrogens with zero attached hydrogens (tertiary/aromatic N) is 1. The SMILES string of the molecule is O=C(NCc1cccc(OC(F)(F)F)c1)C1CCCN1S(=O)(=O)c1cc2c(o1)=CCCC=2. The molecule has 1 aromatic carbocycles. The van der Waals surface area contributed by atoms with Crippen LogP contribution in [0.25, 0.3) is 12.2 Å². The summed E-state index contributed by atoms with van der Waals surface area (Å²) in [5, 5.41) is 3.13. The van der Waals surface area contributed by atoms with E-state index in [0.29, 0.717) is 23.8 Å². The largest absolute Gasteiger partial charge is 0.573 e. The smallest absolute Gasteiger partial charge is 0.444 e. The van der Waals surface area contributed by atoms with Crippen molar-refractivity contribution < 1.29 is 35.5 Å². The topological polar surface area (TPSA) is 88.9 Å². The van der Waals surface area contributed by atoms with Crippen molar-refractivity contribution in [2.24, 2.45) is 0 Å². The molecule has 1 fully saturated rings. The fourth-order valence-corrected chi connectivity index (χ4v) is 5.47. The first-order chi connectivity index (χ1) is 15.1. The zero-order chi connectivity index (χ0) is 22.9. The summed E-state index contributed by atoms with van der Waals surface area (Å²) in [6.07, 6.45) is 1.33. The van der Waals surface area contributed by atoms with Gasteiger partial charge in [-0.05, 0) is 49.5 Å². The molecule has 2 aromatic rings. The average molecular weight is 470 g/mol. The second-order valence-corrected chi connectivity index (χ2v) is 9.38.